The van der Waals surface area contributed by atoms with Crippen molar-refractivity contribution in [3.63, 3.8) is 0 Å². The molecule has 2 aromatic rings. The van der Waals surface area contributed by atoms with Gasteiger partial charge in [0.15, 0.2) is 5.82 Å². The van der Waals surface area contributed by atoms with Crippen LogP contribution in [0.5, 0.6) is 0 Å². The number of anilines is 1. The highest BCUT2D eigenvalue weighted by Gasteiger charge is 2.22. The van der Waals surface area contributed by atoms with Gasteiger partial charge >= 0.3 is 0 Å². The third-order valence-electron chi connectivity index (χ3n) is 4.15. The minimum Gasteiger partial charge on any atom is -0.352 e. The predicted octanol–water partition coefficient (Wildman–Crippen LogP) is 2.23. The molecule has 0 atom stereocenters. The van der Waals surface area contributed by atoms with Crippen LogP contribution in [0.1, 0.15) is 20.3 Å². The Kier molecular flexibility index (Phi) is 5.03. The lowest BCUT2D eigenvalue weighted by Gasteiger charge is -2.35. The zero-order valence-corrected chi connectivity index (χ0v) is 14.2. The number of piperazine rings is 1. The molecule has 126 valence electrons. The Morgan fingerprint density at radius 1 is 1.12 bits per heavy atom. The van der Waals surface area contributed by atoms with Gasteiger partial charge in [-0.1, -0.05) is 13.8 Å². The average molecular weight is 325 g/mol. The summed E-state index contributed by atoms with van der Waals surface area (Å²) in [6.07, 6.45) is 4.15. The lowest BCUT2D eigenvalue weighted by Crippen LogP contribution is -2.49. The van der Waals surface area contributed by atoms with E-state index in [0.717, 1.165) is 43.3 Å². The molecule has 3 rings (SSSR count). The molecular weight excluding hydrogens is 302 g/mol. The van der Waals surface area contributed by atoms with Crippen molar-refractivity contribution in [1.29, 1.82) is 0 Å². The molecule has 2 aromatic heterocycles. The van der Waals surface area contributed by atoms with Crippen LogP contribution >= 0.6 is 0 Å². The smallest absolute Gasteiger partial charge is 0.222 e. The van der Waals surface area contributed by atoms with E-state index in [9.17, 15) is 4.79 Å². The van der Waals surface area contributed by atoms with E-state index in [0.29, 0.717) is 12.3 Å². The van der Waals surface area contributed by atoms with Crippen molar-refractivity contribution in [3.05, 3.63) is 36.7 Å². The van der Waals surface area contributed by atoms with Crippen molar-refractivity contribution in [2.45, 2.75) is 20.3 Å². The van der Waals surface area contributed by atoms with Crippen LogP contribution in [0.25, 0.3) is 11.3 Å². The molecule has 0 unspecified atom stereocenters. The fraction of sp³-hybridized carbons (Fsp3) is 0.444. The lowest BCUT2D eigenvalue weighted by molar-refractivity contribution is -0.132. The van der Waals surface area contributed by atoms with Gasteiger partial charge in [-0.2, -0.15) is 0 Å². The summed E-state index contributed by atoms with van der Waals surface area (Å²) in [6.45, 7) is 7.24. The highest BCUT2D eigenvalue weighted by molar-refractivity contribution is 5.76. The topological polar surface area (TPSA) is 62.2 Å². The number of carbonyl (C=O) groups excluding carboxylic acids is 1. The SMILES string of the molecule is CC(C)CC(=O)N1CCN(c2ccc(-c3cccnc3)nn2)CC1. The van der Waals surface area contributed by atoms with Crippen molar-refractivity contribution in [1.82, 2.24) is 20.1 Å². The van der Waals surface area contributed by atoms with Crippen molar-refractivity contribution >= 4 is 11.7 Å². The molecule has 6 heteroatoms. The Bertz CT molecular complexity index is 664. The van der Waals surface area contributed by atoms with Gasteiger partial charge in [-0.3, -0.25) is 9.78 Å². The maximum absolute atomic E-state index is 12.1. The largest absolute Gasteiger partial charge is 0.352 e. The number of rotatable bonds is 4. The third kappa shape index (κ3) is 3.88. The van der Waals surface area contributed by atoms with Gasteiger partial charge in [0.1, 0.15) is 0 Å². The van der Waals surface area contributed by atoms with Crippen molar-refractivity contribution < 1.29 is 4.79 Å². The molecule has 0 aliphatic carbocycles. The molecule has 1 aliphatic rings. The van der Waals surface area contributed by atoms with Crippen LogP contribution < -0.4 is 4.90 Å². The van der Waals surface area contributed by atoms with E-state index in [1.807, 2.05) is 29.2 Å². The third-order valence-corrected chi connectivity index (χ3v) is 4.15. The van der Waals surface area contributed by atoms with Gasteiger partial charge in [-0.05, 0) is 30.2 Å². The van der Waals surface area contributed by atoms with Crippen LogP contribution in [-0.2, 0) is 4.79 Å². The van der Waals surface area contributed by atoms with E-state index >= 15 is 0 Å². The summed E-state index contributed by atoms with van der Waals surface area (Å²) in [5.74, 6) is 1.52. The summed E-state index contributed by atoms with van der Waals surface area (Å²) >= 11 is 0. The van der Waals surface area contributed by atoms with Gasteiger partial charge in [-0.25, -0.2) is 0 Å². The quantitative estimate of drug-likeness (QED) is 0.862. The molecule has 0 spiro atoms. The van der Waals surface area contributed by atoms with Crippen LogP contribution in [-0.4, -0.2) is 52.2 Å². The molecule has 0 aromatic carbocycles. The number of pyridine rings is 1. The van der Waals surface area contributed by atoms with Gasteiger partial charge < -0.3 is 9.80 Å². The van der Waals surface area contributed by atoms with E-state index in [1.54, 1.807) is 12.4 Å². The number of aromatic nitrogens is 3. The maximum atomic E-state index is 12.1. The second kappa shape index (κ2) is 7.38. The first kappa shape index (κ1) is 16.4. The Morgan fingerprint density at radius 2 is 1.92 bits per heavy atom. The molecule has 3 heterocycles. The van der Waals surface area contributed by atoms with Crippen LogP contribution in [0.4, 0.5) is 5.82 Å². The summed E-state index contributed by atoms with van der Waals surface area (Å²) in [5, 5.41) is 8.65. The van der Waals surface area contributed by atoms with Gasteiger partial charge in [0.25, 0.3) is 0 Å². The molecule has 1 aliphatic heterocycles. The van der Waals surface area contributed by atoms with Crippen molar-refractivity contribution in [3.8, 4) is 11.3 Å². The van der Waals surface area contributed by atoms with Crippen LogP contribution in [0.2, 0.25) is 0 Å². The minimum atomic E-state index is 0.252. The Morgan fingerprint density at radius 3 is 2.50 bits per heavy atom. The molecular formula is C18H23N5O. The summed E-state index contributed by atoms with van der Waals surface area (Å²) in [6, 6.07) is 7.81. The zero-order valence-electron chi connectivity index (χ0n) is 14.2. The van der Waals surface area contributed by atoms with E-state index in [4.69, 9.17) is 0 Å². The van der Waals surface area contributed by atoms with E-state index in [1.165, 1.54) is 0 Å². The van der Waals surface area contributed by atoms with Gasteiger partial charge in [0.05, 0.1) is 5.69 Å². The highest BCUT2D eigenvalue weighted by Crippen LogP contribution is 2.18. The normalized spacial score (nSPS) is 15.0. The molecule has 24 heavy (non-hydrogen) atoms. The molecule has 0 N–H and O–H groups in total. The first-order chi connectivity index (χ1) is 11.6. The Labute approximate surface area is 142 Å². The Hall–Kier alpha value is -2.50. The minimum absolute atomic E-state index is 0.252. The summed E-state index contributed by atoms with van der Waals surface area (Å²) in [4.78, 5) is 20.4. The molecule has 1 amide bonds. The number of nitrogens with zero attached hydrogens (tertiary/aromatic N) is 5. The predicted molar refractivity (Wildman–Crippen MR) is 93.5 cm³/mol. The number of hydrogen-bond donors (Lipinski definition) is 0. The van der Waals surface area contributed by atoms with Crippen LogP contribution in [0.15, 0.2) is 36.7 Å². The summed E-state index contributed by atoms with van der Waals surface area (Å²) in [5.41, 5.74) is 1.78. The first-order valence-electron chi connectivity index (χ1n) is 8.40. The highest BCUT2D eigenvalue weighted by atomic mass is 16.2. The standard InChI is InChI=1S/C18H23N5O/c1-14(2)12-18(24)23-10-8-22(9-11-23)17-6-5-16(20-21-17)15-4-3-7-19-13-15/h3-7,13-14H,8-12H2,1-2H3. The van der Waals surface area contributed by atoms with E-state index in [2.05, 4.69) is 33.9 Å². The molecule has 0 radical (unpaired) electrons. The molecule has 0 bridgehead atoms. The zero-order chi connectivity index (χ0) is 16.9. The average Bonchev–Trinajstić information content (AvgIpc) is 2.62. The summed E-state index contributed by atoms with van der Waals surface area (Å²) < 4.78 is 0. The number of carbonyl (C=O) groups is 1. The second-order valence-electron chi connectivity index (χ2n) is 6.48. The van der Waals surface area contributed by atoms with Crippen LogP contribution in [0, 0.1) is 5.92 Å². The maximum Gasteiger partial charge on any atom is 0.222 e. The van der Waals surface area contributed by atoms with Crippen molar-refractivity contribution in [2.24, 2.45) is 5.92 Å². The van der Waals surface area contributed by atoms with Gasteiger partial charge in [0.2, 0.25) is 5.91 Å². The second-order valence-corrected chi connectivity index (χ2v) is 6.48. The summed E-state index contributed by atoms with van der Waals surface area (Å²) in [7, 11) is 0. The Balaban J connectivity index is 1.60. The molecule has 1 saturated heterocycles. The van der Waals surface area contributed by atoms with E-state index in [-0.39, 0.29) is 5.91 Å². The lowest BCUT2D eigenvalue weighted by atomic mass is 10.1. The van der Waals surface area contributed by atoms with Crippen LogP contribution in [0.3, 0.4) is 0 Å². The molecule has 6 nitrogen and oxygen atoms in total. The molecule has 1 fully saturated rings. The van der Waals surface area contributed by atoms with Gasteiger partial charge in [-0.15, -0.1) is 10.2 Å². The van der Waals surface area contributed by atoms with E-state index < -0.39 is 0 Å². The monoisotopic (exact) mass is 325 g/mol. The fourth-order valence-corrected chi connectivity index (χ4v) is 2.83. The number of hydrogen-bond acceptors (Lipinski definition) is 5. The first-order valence-corrected chi connectivity index (χ1v) is 8.40. The number of amides is 1. The van der Waals surface area contributed by atoms with Crippen molar-refractivity contribution in [2.75, 3.05) is 31.1 Å². The van der Waals surface area contributed by atoms with Gasteiger partial charge in [0, 0.05) is 50.6 Å². The molecule has 0 saturated carbocycles. The fourth-order valence-electron chi connectivity index (χ4n) is 2.83.